The number of hydrogen-bond acceptors (Lipinski definition) is 8. The first kappa shape index (κ1) is 41.5. The number of carbonyl (C=O) groups is 2. The summed E-state index contributed by atoms with van der Waals surface area (Å²) in [5, 5.41) is 23.3. The zero-order chi connectivity index (χ0) is 39.4. The highest BCUT2D eigenvalue weighted by atomic mass is 16.5. The van der Waals surface area contributed by atoms with Crippen LogP contribution in [-0.4, -0.2) is 79.6 Å². The molecule has 4 aromatic rings. The summed E-state index contributed by atoms with van der Waals surface area (Å²) < 4.78 is 10.4. The number of pyridine rings is 2. The van der Waals surface area contributed by atoms with Crippen LogP contribution in [0.15, 0.2) is 67.0 Å². The number of rotatable bonds is 10. The molecule has 0 aliphatic heterocycles. The van der Waals surface area contributed by atoms with Crippen LogP contribution < -0.4 is 15.4 Å². The van der Waals surface area contributed by atoms with Crippen molar-refractivity contribution in [2.75, 3.05) is 47.6 Å². The smallest absolute Gasteiger partial charge is 0.252 e. The zero-order valence-electron chi connectivity index (χ0n) is 33.2. The molecular formula is C45H58N4O6. The summed E-state index contributed by atoms with van der Waals surface area (Å²) in [5.41, 5.74) is 9.27. The molecule has 4 aliphatic carbocycles. The van der Waals surface area contributed by atoms with Crippen molar-refractivity contribution in [3.05, 3.63) is 89.3 Å². The number of methoxy groups -OCH3 is 2. The molecule has 8 rings (SSSR count). The van der Waals surface area contributed by atoms with Gasteiger partial charge in [-0.1, -0.05) is 44.2 Å². The average molecular weight is 751 g/mol. The Morgan fingerprint density at radius 3 is 1.78 bits per heavy atom. The fourth-order valence-corrected chi connectivity index (χ4v) is 7.53. The third-order valence-electron chi connectivity index (χ3n) is 11.2. The van der Waals surface area contributed by atoms with Crippen LogP contribution >= 0.6 is 0 Å². The van der Waals surface area contributed by atoms with Crippen molar-refractivity contribution in [3.63, 3.8) is 0 Å². The first-order valence-electron chi connectivity index (χ1n) is 19.7. The van der Waals surface area contributed by atoms with Gasteiger partial charge in [0.15, 0.2) is 0 Å². The van der Waals surface area contributed by atoms with Crippen LogP contribution in [-0.2, 0) is 4.74 Å². The zero-order valence-corrected chi connectivity index (χ0v) is 33.2. The van der Waals surface area contributed by atoms with E-state index < -0.39 is 0 Å². The number of carbonyl (C=O) groups excluding carboxylic acids is 2. The van der Waals surface area contributed by atoms with Crippen molar-refractivity contribution in [2.24, 2.45) is 10.8 Å². The molecule has 2 fully saturated rings. The molecule has 0 unspecified atom stereocenters. The van der Waals surface area contributed by atoms with E-state index in [0.717, 1.165) is 59.5 Å². The number of para-hydroxylation sites is 1. The Bertz CT molecular complexity index is 2010. The standard InChI is InChI=1S/C21H24N2O3.C21H24N2O2.C2H6.CH4O/c1-26-17-11-15-10-16(20(25)22-8-9-24)13-23-19(15)18(12-17)14-2-4-21(5-3-14)6-7-21;1-25-12-11-22-20(24)17-13-16-3-2-4-18(19(16)23-14-17)15-5-7-21(8-6-15)9-10-21;2*1-2/h2,10-13,24H,3-9H2,1H3,(H,22,25);2-5,13-14H,6-12H2,1H3,(H,22,24);1-2H3;2H,1H3. The molecule has 2 saturated carbocycles. The van der Waals surface area contributed by atoms with E-state index >= 15 is 0 Å². The number of aromatic nitrogens is 2. The molecule has 10 nitrogen and oxygen atoms in total. The SMILES string of the molecule is CC.CO.COCCNC(=O)c1cnc2c(C3=CCC4(CC3)CC4)cccc2c1.COc1cc(C2=CCC3(CC2)CC3)c2ncc(C(=O)NCCO)cc2c1. The summed E-state index contributed by atoms with van der Waals surface area (Å²) >= 11 is 0. The van der Waals surface area contributed by atoms with E-state index in [2.05, 4.69) is 51.0 Å². The Balaban J connectivity index is 0.000000194. The van der Waals surface area contributed by atoms with E-state index in [1.54, 1.807) is 26.6 Å². The van der Waals surface area contributed by atoms with Gasteiger partial charge in [-0.15, -0.1) is 0 Å². The van der Waals surface area contributed by atoms with Gasteiger partial charge in [0.2, 0.25) is 0 Å². The lowest BCUT2D eigenvalue weighted by Gasteiger charge is -2.22. The fraction of sp³-hybridized carbons (Fsp3) is 0.467. The van der Waals surface area contributed by atoms with Gasteiger partial charge < -0.3 is 30.3 Å². The van der Waals surface area contributed by atoms with Crippen molar-refractivity contribution in [2.45, 2.75) is 78.1 Å². The van der Waals surface area contributed by atoms with Gasteiger partial charge in [-0.3, -0.25) is 19.6 Å². The molecule has 0 atom stereocenters. The second-order valence-corrected chi connectivity index (χ2v) is 14.7. The molecule has 0 radical (unpaired) electrons. The predicted molar refractivity (Wildman–Crippen MR) is 220 cm³/mol. The van der Waals surface area contributed by atoms with Gasteiger partial charge in [0, 0.05) is 61.6 Å². The third-order valence-corrected chi connectivity index (χ3v) is 11.2. The maximum absolute atomic E-state index is 12.2. The Morgan fingerprint density at radius 2 is 1.27 bits per heavy atom. The molecule has 2 heterocycles. The second kappa shape index (κ2) is 19.3. The molecule has 0 bridgehead atoms. The van der Waals surface area contributed by atoms with E-state index in [9.17, 15) is 9.59 Å². The summed E-state index contributed by atoms with van der Waals surface area (Å²) in [7, 11) is 4.28. The molecule has 2 aromatic carbocycles. The average Bonchev–Trinajstić information content (AvgIpc) is 4.19. The number of fused-ring (bicyclic) bond motifs is 2. The van der Waals surface area contributed by atoms with Crippen molar-refractivity contribution in [1.82, 2.24) is 20.6 Å². The quantitative estimate of drug-likeness (QED) is 0.120. The van der Waals surface area contributed by atoms with Crippen molar-refractivity contribution in [1.29, 1.82) is 0 Å². The van der Waals surface area contributed by atoms with Crippen LogP contribution in [0, 0.1) is 10.8 Å². The lowest BCUT2D eigenvalue weighted by molar-refractivity contribution is 0.0932. The fourth-order valence-electron chi connectivity index (χ4n) is 7.53. The van der Waals surface area contributed by atoms with E-state index in [1.807, 2.05) is 38.1 Å². The highest BCUT2D eigenvalue weighted by molar-refractivity contribution is 6.00. The number of nitrogens with zero attached hydrogens (tertiary/aromatic N) is 2. The van der Waals surface area contributed by atoms with Crippen molar-refractivity contribution < 1.29 is 29.3 Å². The Hall–Kier alpha value is -4.64. The number of nitrogens with one attached hydrogen (secondary N) is 2. The summed E-state index contributed by atoms with van der Waals surface area (Å²) in [5.74, 6) is 0.435. The molecule has 4 aliphatic rings. The van der Waals surface area contributed by atoms with Crippen LogP contribution in [0.25, 0.3) is 33.0 Å². The number of aliphatic hydroxyl groups is 2. The number of ether oxygens (including phenoxy) is 2. The van der Waals surface area contributed by atoms with Crippen LogP contribution in [0.3, 0.4) is 0 Å². The van der Waals surface area contributed by atoms with Gasteiger partial charge in [-0.05, 0) is 110 Å². The molecule has 10 heteroatoms. The van der Waals surface area contributed by atoms with Crippen LogP contribution in [0.4, 0.5) is 0 Å². The number of aliphatic hydroxyl groups excluding tert-OH is 2. The predicted octanol–water partition coefficient (Wildman–Crippen LogP) is 7.91. The largest absolute Gasteiger partial charge is 0.497 e. The maximum Gasteiger partial charge on any atom is 0.252 e. The van der Waals surface area contributed by atoms with Gasteiger partial charge in [-0.2, -0.15) is 0 Å². The molecule has 4 N–H and O–H groups in total. The monoisotopic (exact) mass is 750 g/mol. The van der Waals surface area contributed by atoms with Gasteiger partial charge in [0.1, 0.15) is 5.75 Å². The Morgan fingerprint density at radius 1 is 0.727 bits per heavy atom. The van der Waals surface area contributed by atoms with Crippen molar-refractivity contribution in [3.8, 4) is 5.75 Å². The molecule has 0 saturated heterocycles. The van der Waals surface area contributed by atoms with Crippen LogP contribution in [0.1, 0.15) is 110 Å². The minimum absolute atomic E-state index is 0.0830. The van der Waals surface area contributed by atoms with E-state index in [4.69, 9.17) is 19.7 Å². The number of benzene rings is 2. The van der Waals surface area contributed by atoms with Gasteiger partial charge >= 0.3 is 0 Å². The summed E-state index contributed by atoms with van der Waals surface area (Å²) in [6, 6.07) is 14.0. The highest BCUT2D eigenvalue weighted by Crippen LogP contribution is 2.57. The lowest BCUT2D eigenvalue weighted by Crippen LogP contribution is -2.27. The summed E-state index contributed by atoms with van der Waals surface area (Å²) in [4.78, 5) is 33.6. The molecular weight excluding hydrogens is 693 g/mol. The number of allylic oxidation sites excluding steroid dienone is 4. The van der Waals surface area contributed by atoms with Crippen molar-refractivity contribution >= 4 is 44.8 Å². The first-order chi connectivity index (χ1) is 26.8. The normalized spacial score (nSPS) is 16.9. The van der Waals surface area contributed by atoms with E-state index in [-0.39, 0.29) is 25.0 Å². The summed E-state index contributed by atoms with van der Waals surface area (Å²) in [6.45, 7) is 5.16. The lowest BCUT2D eigenvalue weighted by atomic mass is 9.83. The van der Waals surface area contributed by atoms with E-state index in [0.29, 0.717) is 35.1 Å². The second-order valence-electron chi connectivity index (χ2n) is 14.7. The Kier molecular flexibility index (Phi) is 14.6. The van der Waals surface area contributed by atoms with Gasteiger partial charge in [-0.25, -0.2) is 0 Å². The molecule has 2 amide bonds. The maximum atomic E-state index is 12.2. The van der Waals surface area contributed by atoms with Gasteiger partial charge in [0.05, 0.1) is 42.5 Å². The molecule has 2 aromatic heterocycles. The summed E-state index contributed by atoms with van der Waals surface area (Å²) in [6.07, 6.45) is 20.7. The minimum Gasteiger partial charge on any atom is -0.497 e. The van der Waals surface area contributed by atoms with Crippen LogP contribution in [0.5, 0.6) is 5.75 Å². The first-order valence-corrected chi connectivity index (χ1v) is 19.7. The topological polar surface area (TPSA) is 143 Å². The third kappa shape index (κ3) is 10.2. The highest BCUT2D eigenvalue weighted by Gasteiger charge is 2.43. The van der Waals surface area contributed by atoms with E-state index in [1.165, 1.54) is 61.7 Å². The molecule has 2 spiro atoms. The minimum atomic E-state index is -0.231. The Labute approximate surface area is 325 Å². The number of hydrogen-bond donors (Lipinski definition) is 4. The van der Waals surface area contributed by atoms with Crippen LogP contribution in [0.2, 0.25) is 0 Å². The molecule has 55 heavy (non-hydrogen) atoms. The number of amides is 2. The van der Waals surface area contributed by atoms with Gasteiger partial charge in [0.25, 0.3) is 11.8 Å². The molecule has 294 valence electrons.